The van der Waals surface area contributed by atoms with Crippen LogP contribution in [-0.2, 0) is 11.2 Å². The molecule has 1 fully saturated rings. The number of nitrogens with one attached hydrogen (secondary N) is 1. The van der Waals surface area contributed by atoms with Gasteiger partial charge in [0.2, 0.25) is 5.91 Å². The summed E-state index contributed by atoms with van der Waals surface area (Å²) >= 11 is 13.6. The van der Waals surface area contributed by atoms with E-state index in [-0.39, 0.29) is 11.8 Å². The second kappa shape index (κ2) is 8.53. The lowest BCUT2D eigenvalue weighted by atomic mass is 10.1. The van der Waals surface area contributed by atoms with Crippen molar-refractivity contribution in [1.29, 1.82) is 0 Å². The Bertz CT molecular complexity index is 1070. The number of hydrogen-bond acceptors (Lipinski definition) is 4. The highest BCUT2D eigenvalue weighted by molar-refractivity contribution is 7.15. The highest BCUT2D eigenvalue weighted by atomic mass is 35.5. The molecule has 0 atom stereocenters. The van der Waals surface area contributed by atoms with Crippen LogP contribution < -0.4 is 10.2 Å². The Morgan fingerprint density at radius 2 is 1.97 bits per heavy atom. The fourth-order valence-corrected chi connectivity index (χ4v) is 4.41. The third-order valence-corrected chi connectivity index (χ3v) is 6.18. The average molecular weight is 446 g/mol. The lowest BCUT2D eigenvalue weighted by molar-refractivity contribution is -0.117. The highest BCUT2D eigenvalue weighted by Gasteiger charge is 2.21. The molecule has 148 valence electrons. The van der Waals surface area contributed by atoms with Crippen molar-refractivity contribution >= 4 is 57.2 Å². The van der Waals surface area contributed by atoms with E-state index in [1.807, 2.05) is 6.07 Å². The number of aromatic nitrogens is 1. The Morgan fingerprint density at radius 3 is 2.69 bits per heavy atom. The van der Waals surface area contributed by atoms with Crippen molar-refractivity contribution in [2.75, 3.05) is 16.8 Å². The van der Waals surface area contributed by atoms with Crippen LogP contribution in [0.1, 0.15) is 33.6 Å². The smallest absolute Gasteiger partial charge is 0.257 e. The van der Waals surface area contributed by atoms with Crippen molar-refractivity contribution in [2.45, 2.75) is 19.3 Å². The molecule has 0 radical (unpaired) electrons. The average Bonchev–Trinajstić information content (AvgIpc) is 3.33. The molecule has 1 saturated heterocycles. The quantitative estimate of drug-likeness (QED) is 0.569. The van der Waals surface area contributed by atoms with Crippen molar-refractivity contribution in [3.63, 3.8) is 0 Å². The fraction of sp³-hybridized carbons (Fsp3) is 0.190. The largest absolute Gasteiger partial charge is 0.312 e. The number of carbonyl (C=O) groups is 2. The lowest BCUT2D eigenvalue weighted by Gasteiger charge is -2.15. The molecule has 3 aromatic rings. The van der Waals surface area contributed by atoms with Gasteiger partial charge in [0.05, 0.1) is 0 Å². The molecular formula is C21H17Cl2N3O2S. The SMILES string of the molecule is O=C(Nc1ncc(Cc2cc(Cl)ccc2Cl)s1)c1ccc(N2CCCC2=O)cc1. The molecule has 1 aliphatic heterocycles. The van der Waals surface area contributed by atoms with Gasteiger partial charge in [-0.25, -0.2) is 4.98 Å². The van der Waals surface area contributed by atoms with Crippen molar-refractivity contribution in [3.8, 4) is 0 Å². The fourth-order valence-electron chi connectivity index (χ4n) is 3.20. The summed E-state index contributed by atoms with van der Waals surface area (Å²) in [4.78, 5) is 31.3. The summed E-state index contributed by atoms with van der Waals surface area (Å²) in [6.07, 6.45) is 3.76. The highest BCUT2D eigenvalue weighted by Crippen LogP contribution is 2.27. The minimum absolute atomic E-state index is 0.123. The maximum atomic E-state index is 12.5. The van der Waals surface area contributed by atoms with Gasteiger partial charge in [-0.15, -0.1) is 11.3 Å². The predicted molar refractivity (Wildman–Crippen MR) is 117 cm³/mol. The number of anilines is 2. The van der Waals surface area contributed by atoms with Crippen LogP contribution in [0.4, 0.5) is 10.8 Å². The summed E-state index contributed by atoms with van der Waals surface area (Å²) in [6, 6.07) is 12.4. The zero-order valence-corrected chi connectivity index (χ0v) is 17.7. The summed E-state index contributed by atoms with van der Waals surface area (Å²) < 4.78 is 0. The topological polar surface area (TPSA) is 62.3 Å². The molecule has 29 heavy (non-hydrogen) atoms. The number of rotatable bonds is 5. The number of hydrogen-bond donors (Lipinski definition) is 1. The van der Waals surface area contributed by atoms with Gasteiger partial charge in [0, 0.05) is 51.8 Å². The first-order valence-electron chi connectivity index (χ1n) is 9.10. The van der Waals surface area contributed by atoms with Gasteiger partial charge in [0.1, 0.15) is 0 Å². The number of nitrogens with zero attached hydrogens (tertiary/aromatic N) is 2. The Balaban J connectivity index is 1.41. The van der Waals surface area contributed by atoms with Crippen LogP contribution in [-0.4, -0.2) is 23.3 Å². The van der Waals surface area contributed by atoms with E-state index in [9.17, 15) is 9.59 Å². The monoisotopic (exact) mass is 445 g/mol. The van der Waals surface area contributed by atoms with Crippen molar-refractivity contribution < 1.29 is 9.59 Å². The first kappa shape index (κ1) is 19.9. The minimum Gasteiger partial charge on any atom is -0.312 e. The molecule has 1 aromatic heterocycles. The molecule has 8 heteroatoms. The van der Waals surface area contributed by atoms with Gasteiger partial charge in [0.15, 0.2) is 5.13 Å². The maximum Gasteiger partial charge on any atom is 0.257 e. The molecule has 4 rings (SSSR count). The lowest BCUT2D eigenvalue weighted by Crippen LogP contribution is -2.23. The van der Waals surface area contributed by atoms with Crippen molar-refractivity contribution in [1.82, 2.24) is 4.98 Å². The van der Waals surface area contributed by atoms with Gasteiger partial charge in [-0.05, 0) is 54.4 Å². The van der Waals surface area contributed by atoms with Gasteiger partial charge in [0.25, 0.3) is 5.91 Å². The number of amides is 2. The van der Waals surface area contributed by atoms with E-state index in [0.29, 0.717) is 33.6 Å². The number of halogens is 2. The van der Waals surface area contributed by atoms with Gasteiger partial charge in [-0.3, -0.25) is 14.9 Å². The Kier molecular flexibility index (Phi) is 5.85. The van der Waals surface area contributed by atoms with Crippen LogP contribution in [0.5, 0.6) is 0 Å². The van der Waals surface area contributed by atoms with E-state index in [2.05, 4.69) is 10.3 Å². The van der Waals surface area contributed by atoms with Gasteiger partial charge < -0.3 is 4.90 Å². The van der Waals surface area contributed by atoms with E-state index in [4.69, 9.17) is 23.2 Å². The van der Waals surface area contributed by atoms with E-state index in [0.717, 1.165) is 29.1 Å². The molecule has 2 heterocycles. The second-order valence-electron chi connectivity index (χ2n) is 6.69. The van der Waals surface area contributed by atoms with Crippen molar-refractivity contribution in [2.24, 2.45) is 0 Å². The van der Waals surface area contributed by atoms with Crippen LogP contribution in [0.15, 0.2) is 48.7 Å². The zero-order valence-electron chi connectivity index (χ0n) is 15.3. The van der Waals surface area contributed by atoms with Crippen LogP contribution in [0.3, 0.4) is 0 Å². The molecule has 0 saturated carbocycles. The Morgan fingerprint density at radius 1 is 1.17 bits per heavy atom. The molecule has 5 nitrogen and oxygen atoms in total. The summed E-state index contributed by atoms with van der Waals surface area (Å²) in [5.41, 5.74) is 2.24. The minimum atomic E-state index is -0.244. The predicted octanol–water partition coefficient (Wildman–Crippen LogP) is 5.42. The number of carbonyl (C=O) groups excluding carboxylic acids is 2. The molecule has 1 aliphatic rings. The molecule has 2 amide bonds. The van der Waals surface area contributed by atoms with Gasteiger partial charge in [-0.1, -0.05) is 23.2 Å². The molecule has 1 N–H and O–H groups in total. The van der Waals surface area contributed by atoms with Crippen LogP contribution in [0.2, 0.25) is 10.0 Å². The van der Waals surface area contributed by atoms with Gasteiger partial charge in [-0.2, -0.15) is 0 Å². The molecular weight excluding hydrogens is 429 g/mol. The van der Waals surface area contributed by atoms with E-state index < -0.39 is 0 Å². The third kappa shape index (κ3) is 4.61. The van der Waals surface area contributed by atoms with E-state index >= 15 is 0 Å². The molecule has 2 aromatic carbocycles. The molecule has 0 aliphatic carbocycles. The second-order valence-corrected chi connectivity index (χ2v) is 8.65. The third-order valence-electron chi connectivity index (χ3n) is 4.66. The van der Waals surface area contributed by atoms with E-state index in [1.165, 1.54) is 11.3 Å². The number of benzene rings is 2. The molecule has 0 unspecified atom stereocenters. The molecule has 0 bridgehead atoms. The van der Waals surface area contributed by atoms with Crippen LogP contribution in [0.25, 0.3) is 0 Å². The zero-order chi connectivity index (χ0) is 20.4. The van der Waals surface area contributed by atoms with Gasteiger partial charge >= 0.3 is 0 Å². The summed E-state index contributed by atoms with van der Waals surface area (Å²) in [7, 11) is 0. The Hall–Kier alpha value is -2.41. The first-order valence-corrected chi connectivity index (χ1v) is 10.7. The van der Waals surface area contributed by atoms with E-state index in [1.54, 1.807) is 47.5 Å². The van der Waals surface area contributed by atoms with Crippen molar-refractivity contribution in [3.05, 3.63) is 74.7 Å². The van der Waals surface area contributed by atoms with Crippen LogP contribution in [0, 0.1) is 0 Å². The maximum absolute atomic E-state index is 12.5. The van der Waals surface area contributed by atoms with Crippen LogP contribution >= 0.6 is 34.5 Å². The standard InChI is InChI=1S/C21H17Cl2N3O2S/c22-15-5-8-18(23)14(10-15)11-17-12-24-21(29-17)25-20(28)13-3-6-16(7-4-13)26-9-1-2-19(26)27/h3-8,10,12H,1-2,9,11H2,(H,24,25,28). The summed E-state index contributed by atoms with van der Waals surface area (Å²) in [5, 5.41) is 4.60. The summed E-state index contributed by atoms with van der Waals surface area (Å²) in [5.74, 6) is -0.122. The summed E-state index contributed by atoms with van der Waals surface area (Å²) in [6.45, 7) is 0.725. The first-order chi connectivity index (χ1) is 14.0. The number of thiazole rings is 1. The molecule has 0 spiro atoms. The normalized spacial score (nSPS) is 13.7. The Labute approximate surface area is 182 Å².